The number of aryl methyl sites for hydroxylation is 2. The van der Waals surface area contributed by atoms with Crippen LogP contribution in [0.25, 0.3) is 0 Å². The molecule has 0 saturated carbocycles. The van der Waals surface area contributed by atoms with Crippen molar-refractivity contribution in [3.63, 3.8) is 0 Å². The first-order valence-corrected chi connectivity index (χ1v) is 6.43. The molecule has 1 aromatic rings. The molecule has 0 aliphatic rings. The predicted molar refractivity (Wildman–Crippen MR) is 67.9 cm³/mol. The van der Waals surface area contributed by atoms with Gasteiger partial charge in [0.05, 0.1) is 5.69 Å². The predicted octanol–water partition coefficient (Wildman–Crippen LogP) is 1.89. The van der Waals surface area contributed by atoms with Gasteiger partial charge in [0, 0.05) is 17.9 Å². The Labute approximate surface area is 105 Å². The zero-order valence-corrected chi connectivity index (χ0v) is 11.8. The largest absolute Gasteiger partial charge is 0.345 e. The van der Waals surface area contributed by atoms with Crippen LogP contribution in [0.2, 0.25) is 0 Å². The van der Waals surface area contributed by atoms with Gasteiger partial charge in [0.15, 0.2) is 0 Å². The summed E-state index contributed by atoms with van der Waals surface area (Å²) in [6.45, 7) is 5.96. The van der Waals surface area contributed by atoms with Crippen LogP contribution < -0.4 is 5.32 Å². The lowest BCUT2D eigenvalue weighted by atomic mass is 10.1. The van der Waals surface area contributed by atoms with Crippen molar-refractivity contribution >= 4 is 21.8 Å². The Bertz CT molecular complexity index is 385. The van der Waals surface area contributed by atoms with Crippen LogP contribution in [0.3, 0.4) is 0 Å². The third kappa shape index (κ3) is 3.07. The third-order valence-corrected chi connectivity index (χ3v) is 3.71. The van der Waals surface area contributed by atoms with E-state index in [-0.39, 0.29) is 11.4 Å². The molecular formula is C11H18BrN3O. The minimum absolute atomic E-state index is 0.0841. The number of aromatic nitrogens is 2. The molecule has 4 nitrogen and oxygen atoms in total. The number of carbonyl (C=O) groups excluding carboxylic acids is 1. The molecule has 1 rings (SSSR count). The summed E-state index contributed by atoms with van der Waals surface area (Å²) in [4.78, 5) is 12.0. The molecule has 1 amide bonds. The van der Waals surface area contributed by atoms with Crippen LogP contribution in [0.5, 0.6) is 0 Å². The number of nitrogens with one attached hydrogen (secondary N) is 1. The molecule has 16 heavy (non-hydrogen) atoms. The molecule has 0 aliphatic carbocycles. The normalized spacial score (nSPS) is 11.6. The van der Waals surface area contributed by atoms with Crippen LogP contribution in [-0.2, 0) is 13.5 Å². The van der Waals surface area contributed by atoms with E-state index in [1.807, 2.05) is 26.8 Å². The summed E-state index contributed by atoms with van der Waals surface area (Å²) in [6.07, 6.45) is 0.836. The Balaban J connectivity index is 2.84. The van der Waals surface area contributed by atoms with Crippen LogP contribution in [0.15, 0.2) is 6.07 Å². The van der Waals surface area contributed by atoms with E-state index in [0.29, 0.717) is 11.0 Å². The van der Waals surface area contributed by atoms with Crippen molar-refractivity contribution in [2.45, 2.75) is 32.7 Å². The van der Waals surface area contributed by atoms with Crippen LogP contribution in [0, 0.1) is 0 Å². The number of rotatable bonds is 4. The van der Waals surface area contributed by atoms with Crippen molar-refractivity contribution in [2.75, 3.05) is 5.33 Å². The smallest absolute Gasteiger partial charge is 0.269 e. The summed E-state index contributed by atoms with van der Waals surface area (Å²) in [7, 11) is 1.79. The van der Waals surface area contributed by atoms with E-state index in [2.05, 4.69) is 26.3 Å². The average molecular weight is 288 g/mol. The molecule has 0 bridgehead atoms. The van der Waals surface area contributed by atoms with Crippen LogP contribution in [0.1, 0.15) is 37.0 Å². The van der Waals surface area contributed by atoms with Crippen molar-refractivity contribution in [1.29, 1.82) is 0 Å². The molecule has 0 radical (unpaired) electrons. The van der Waals surface area contributed by atoms with Gasteiger partial charge in [0.1, 0.15) is 5.69 Å². The van der Waals surface area contributed by atoms with Gasteiger partial charge in [-0.05, 0) is 26.3 Å². The standard InChI is InChI=1S/C11H18BrN3O/c1-5-8-6-9(15(4)14-8)10(16)13-11(2,3)7-12/h6H,5,7H2,1-4H3,(H,13,16). The highest BCUT2D eigenvalue weighted by Crippen LogP contribution is 2.09. The zero-order valence-electron chi connectivity index (χ0n) is 10.2. The van der Waals surface area contributed by atoms with Gasteiger partial charge in [-0.25, -0.2) is 0 Å². The highest BCUT2D eigenvalue weighted by atomic mass is 79.9. The lowest BCUT2D eigenvalue weighted by Gasteiger charge is -2.23. The van der Waals surface area contributed by atoms with Crippen molar-refractivity contribution in [3.05, 3.63) is 17.5 Å². The number of halogens is 1. The minimum Gasteiger partial charge on any atom is -0.345 e. The molecule has 0 unspecified atom stereocenters. The van der Waals surface area contributed by atoms with E-state index < -0.39 is 0 Å². The first kappa shape index (κ1) is 13.2. The Morgan fingerprint density at radius 2 is 2.25 bits per heavy atom. The molecular weight excluding hydrogens is 270 g/mol. The van der Waals surface area contributed by atoms with Gasteiger partial charge in [-0.1, -0.05) is 22.9 Å². The van der Waals surface area contributed by atoms with Gasteiger partial charge in [0.2, 0.25) is 0 Å². The number of amides is 1. The van der Waals surface area contributed by atoms with Gasteiger partial charge in [-0.15, -0.1) is 0 Å². The number of carbonyl (C=O) groups is 1. The molecule has 1 heterocycles. The van der Waals surface area contributed by atoms with Crippen molar-refractivity contribution < 1.29 is 4.79 Å². The Kier molecular flexibility index (Phi) is 4.13. The van der Waals surface area contributed by atoms with Gasteiger partial charge in [-0.2, -0.15) is 5.10 Å². The summed E-state index contributed by atoms with van der Waals surface area (Å²) < 4.78 is 1.62. The SMILES string of the molecule is CCc1cc(C(=O)NC(C)(C)CBr)n(C)n1. The maximum Gasteiger partial charge on any atom is 0.269 e. The Hall–Kier alpha value is -0.840. The number of alkyl halides is 1. The molecule has 0 aromatic carbocycles. The average Bonchev–Trinajstić information content (AvgIpc) is 2.59. The lowest BCUT2D eigenvalue weighted by Crippen LogP contribution is -2.45. The second kappa shape index (κ2) is 4.99. The summed E-state index contributed by atoms with van der Waals surface area (Å²) in [6, 6.07) is 1.83. The van der Waals surface area contributed by atoms with E-state index in [0.717, 1.165) is 12.1 Å². The van der Waals surface area contributed by atoms with Crippen molar-refractivity contribution in [3.8, 4) is 0 Å². The maximum absolute atomic E-state index is 12.0. The monoisotopic (exact) mass is 287 g/mol. The molecule has 0 aliphatic heterocycles. The topological polar surface area (TPSA) is 46.9 Å². The fourth-order valence-electron chi connectivity index (χ4n) is 1.32. The number of hydrogen-bond acceptors (Lipinski definition) is 2. The zero-order chi connectivity index (χ0) is 12.3. The molecule has 0 atom stereocenters. The Morgan fingerprint density at radius 1 is 1.62 bits per heavy atom. The summed E-state index contributed by atoms with van der Waals surface area (Å²) in [5.74, 6) is -0.0841. The van der Waals surface area contributed by atoms with E-state index in [4.69, 9.17) is 0 Å². The van der Waals surface area contributed by atoms with Crippen LogP contribution >= 0.6 is 15.9 Å². The van der Waals surface area contributed by atoms with E-state index in [9.17, 15) is 4.79 Å². The lowest BCUT2D eigenvalue weighted by molar-refractivity contribution is 0.0911. The fourth-order valence-corrected chi connectivity index (χ4v) is 1.46. The second-order valence-electron chi connectivity index (χ2n) is 4.47. The highest BCUT2D eigenvalue weighted by Gasteiger charge is 2.21. The highest BCUT2D eigenvalue weighted by molar-refractivity contribution is 9.09. The molecule has 5 heteroatoms. The van der Waals surface area contributed by atoms with Crippen LogP contribution in [0.4, 0.5) is 0 Å². The van der Waals surface area contributed by atoms with E-state index in [1.54, 1.807) is 11.7 Å². The second-order valence-corrected chi connectivity index (χ2v) is 5.03. The molecule has 0 fully saturated rings. The number of nitrogens with zero attached hydrogens (tertiary/aromatic N) is 2. The first-order valence-electron chi connectivity index (χ1n) is 5.31. The third-order valence-electron chi connectivity index (χ3n) is 2.31. The fraction of sp³-hybridized carbons (Fsp3) is 0.636. The van der Waals surface area contributed by atoms with Gasteiger partial charge >= 0.3 is 0 Å². The van der Waals surface area contributed by atoms with Crippen molar-refractivity contribution in [1.82, 2.24) is 15.1 Å². The molecule has 90 valence electrons. The van der Waals surface area contributed by atoms with E-state index >= 15 is 0 Å². The van der Waals surface area contributed by atoms with Gasteiger partial charge < -0.3 is 5.32 Å². The number of hydrogen-bond donors (Lipinski definition) is 1. The van der Waals surface area contributed by atoms with Gasteiger partial charge in [0.25, 0.3) is 5.91 Å². The maximum atomic E-state index is 12.0. The summed E-state index contributed by atoms with van der Waals surface area (Å²) in [5, 5.41) is 7.92. The van der Waals surface area contributed by atoms with Crippen LogP contribution in [-0.4, -0.2) is 26.6 Å². The molecule has 1 N–H and O–H groups in total. The van der Waals surface area contributed by atoms with Crippen molar-refractivity contribution in [2.24, 2.45) is 7.05 Å². The minimum atomic E-state index is -0.256. The summed E-state index contributed by atoms with van der Waals surface area (Å²) >= 11 is 3.37. The summed E-state index contributed by atoms with van der Waals surface area (Å²) in [5.41, 5.74) is 1.28. The first-order chi connectivity index (χ1) is 7.39. The molecule has 1 aromatic heterocycles. The molecule has 0 saturated heterocycles. The van der Waals surface area contributed by atoms with E-state index in [1.165, 1.54) is 0 Å². The quantitative estimate of drug-likeness (QED) is 0.860. The molecule has 0 spiro atoms. The van der Waals surface area contributed by atoms with Gasteiger partial charge in [-0.3, -0.25) is 9.48 Å². The Morgan fingerprint density at radius 3 is 2.69 bits per heavy atom.